The molecule has 108 valence electrons. The smallest absolute Gasteiger partial charge is 0.303 e. The van der Waals surface area contributed by atoms with E-state index in [1.54, 1.807) is 13.0 Å². The van der Waals surface area contributed by atoms with Gasteiger partial charge in [-0.1, -0.05) is 19.1 Å². The molecule has 0 fully saturated rings. The number of amides is 1. The Labute approximate surface area is 115 Å². The highest BCUT2D eigenvalue weighted by Crippen LogP contribution is 2.13. The number of rotatable bonds is 7. The number of nitro groups is 1. The molecule has 20 heavy (non-hydrogen) atoms. The van der Waals surface area contributed by atoms with E-state index in [0.29, 0.717) is 5.56 Å². The van der Waals surface area contributed by atoms with Crippen molar-refractivity contribution in [3.05, 3.63) is 39.9 Å². The van der Waals surface area contributed by atoms with Gasteiger partial charge in [-0.3, -0.25) is 19.7 Å². The molecule has 7 nitrogen and oxygen atoms in total. The van der Waals surface area contributed by atoms with E-state index < -0.39 is 10.9 Å². The highest BCUT2D eigenvalue weighted by Gasteiger charge is 2.11. The number of carbonyl (C=O) groups is 2. The number of nitro benzene ring substituents is 1. The third-order valence-corrected chi connectivity index (χ3v) is 2.66. The van der Waals surface area contributed by atoms with Gasteiger partial charge in [-0.25, -0.2) is 0 Å². The van der Waals surface area contributed by atoms with Gasteiger partial charge in [-0.05, 0) is 11.5 Å². The summed E-state index contributed by atoms with van der Waals surface area (Å²) in [6, 6.07) is 5.86. The molecule has 1 amide bonds. The van der Waals surface area contributed by atoms with Crippen molar-refractivity contribution < 1.29 is 19.6 Å². The summed E-state index contributed by atoms with van der Waals surface area (Å²) in [7, 11) is 0. The number of carbonyl (C=O) groups excluding carboxylic acids is 1. The van der Waals surface area contributed by atoms with Gasteiger partial charge in [0.2, 0.25) is 5.91 Å². The molecule has 0 heterocycles. The molecule has 0 bridgehead atoms. The fraction of sp³-hybridized carbons (Fsp3) is 0.385. The number of benzene rings is 1. The Balaban J connectivity index is 2.48. The van der Waals surface area contributed by atoms with E-state index in [0.717, 1.165) is 0 Å². The van der Waals surface area contributed by atoms with Gasteiger partial charge in [0.25, 0.3) is 5.69 Å². The number of hydrogen-bond acceptors (Lipinski definition) is 4. The monoisotopic (exact) mass is 280 g/mol. The molecular formula is C13H16N2O5. The van der Waals surface area contributed by atoms with Crippen LogP contribution in [-0.4, -0.2) is 28.5 Å². The van der Waals surface area contributed by atoms with Gasteiger partial charge in [0.05, 0.1) is 11.3 Å². The first-order valence-corrected chi connectivity index (χ1v) is 6.10. The van der Waals surface area contributed by atoms with Crippen molar-refractivity contribution in [1.29, 1.82) is 0 Å². The maximum absolute atomic E-state index is 11.7. The second-order valence-corrected chi connectivity index (χ2v) is 4.61. The molecule has 0 aliphatic carbocycles. The molecule has 1 aromatic carbocycles. The van der Waals surface area contributed by atoms with Gasteiger partial charge in [-0.2, -0.15) is 0 Å². The Morgan fingerprint density at radius 1 is 1.45 bits per heavy atom. The first-order valence-electron chi connectivity index (χ1n) is 6.10. The lowest BCUT2D eigenvalue weighted by atomic mass is 10.1. The van der Waals surface area contributed by atoms with Crippen molar-refractivity contribution in [1.82, 2.24) is 5.32 Å². The lowest BCUT2D eigenvalue weighted by Crippen LogP contribution is -2.30. The van der Waals surface area contributed by atoms with Crippen molar-refractivity contribution in [2.45, 2.75) is 19.8 Å². The normalized spacial score (nSPS) is 11.7. The molecule has 1 aromatic rings. The quantitative estimate of drug-likeness (QED) is 0.579. The van der Waals surface area contributed by atoms with Crippen LogP contribution in [0.3, 0.4) is 0 Å². The topological polar surface area (TPSA) is 110 Å². The lowest BCUT2D eigenvalue weighted by Gasteiger charge is -2.10. The Hall–Kier alpha value is -2.44. The van der Waals surface area contributed by atoms with E-state index in [2.05, 4.69) is 5.32 Å². The van der Waals surface area contributed by atoms with Crippen LogP contribution < -0.4 is 5.32 Å². The first-order chi connectivity index (χ1) is 9.38. The summed E-state index contributed by atoms with van der Waals surface area (Å²) in [6.07, 6.45) is 0.0125. The molecule has 0 radical (unpaired) electrons. The van der Waals surface area contributed by atoms with Crippen LogP contribution in [0.1, 0.15) is 18.9 Å². The predicted molar refractivity (Wildman–Crippen MR) is 71.2 cm³/mol. The minimum absolute atomic E-state index is 0.0168. The number of non-ortho nitro benzene ring substituents is 1. The van der Waals surface area contributed by atoms with Crippen LogP contribution in [0.4, 0.5) is 5.69 Å². The van der Waals surface area contributed by atoms with Gasteiger partial charge in [0.15, 0.2) is 0 Å². The molecule has 0 aliphatic rings. The van der Waals surface area contributed by atoms with Crippen LogP contribution in [0.15, 0.2) is 24.3 Å². The third-order valence-electron chi connectivity index (χ3n) is 2.66. The minimum atomic E-state index is -0.912. The maximum Gasteiger partial charge on any atom is 0.303 e. The molecule has 0 saturated carbocycles. The Kier molecular flexibility index (Phi) is 5.64. The largest absolute Gasteiger partial charge is 0.481 e. The highest BCUT2D eigenvalue weighted by molar-refractivity contribution is 5.78. The third kappa shape index (κ3) is 5.47. The summed E-state index contributed by atoms with van der Waals surface area (Å²) in [4.78, 5) is 32.2. The molecule has 1 atom stereocenters. The number of hydrogen-bond donors (Lipinski definition) is 2. The summed E-state index contributed by atoms with van der Waals surface area (Å²) in [5, 5.41) is 21.8. The van der Waals surface area contributed by atoms with Crippen LogP contribution in [0.25, 0.3) is 0 Å². The lowest BCUT2D eigenvalue weighted by molar-refractivity contribution is -0.384. The number of aliphatic carboxylic acids is 1. The van der Waals surface area contributed by atoms with E-state index in [4.69, 9.17) is 5.11 Å². The molecule has 7 heteroatoms. The maximum atomic E-state index is 11.7. The van der Waals surface area contributed by atoms with E-state index in [1.807, 2.05) is 0 Å². The fourth-order valence-electron chi connectivity index (χ4n) is 1.69. The molecule has 1 unspecified atom stereocenters. The van der Waals surface area contributed by atoms with Gasteiger partial charge in [0, 0.05) is 25.1 Å². The summed E-state index contributed by atoms with van der Waals surface area (Å²) < 4.78 is 0. The number of nitrogens with one attached hydrogen (secondary N) is 1. The molecule has 0 spiro atoms. The number of carboxylic acid groups (broad SMARTS) is 1. The molecule has 0 aromatic heterocycles. The molecule has 2 N–H and O–H groups in total. The molecule has 1 rings (SSSR count). The standard InChI is InChI=1S/C13H16N2O5/c1-9(5-13(17)18)8-14-12(16)7-10-3-2-4-11(6-10)15(19)20/h2-4,6,9H,5,7-8H2,1H3,(H,14,16)(H,17,18). The Bertz CT molecular complexity index is 515. The highest BCUT2D eigenvalue weighted by atomic mass is 16.6. The van der Waals surface area contributed by atoms with Gasteiger partial charge in [0.1, 0.15) is 0 Å². The zero-order valence-corrected chi connectivity index (χ0v) is 11.0. The van der Waals surface area contributed by atoms with Gasteiger partial charge >= 0.3 is 5.97 Å². The van der Waals surface area contributed by atoms with Crippen LogP contribution >= 0.6 is 0 Å². The van der Waals surface area contributed by atoms with Crippen molar-refractivity contribution in [3.8, 4) is 0 Å². The zero-order valence-electron chi connectivity index (χ0n) is 11.0. The van der Waals surface area contributed by atoms with Gasteiger partial charge < -0.3 is 10.4 Å². The summed E-state index contributed by atoms with van der Waals surface area (Å²) in [5.41, 5.74) is 0.483. The molecule has 0 aliphatic heterocycles. The van der Waals surface area contributed by atoms with Crippen LogP contribution in [0.5, 0.6) is 0 Å². The SMILES string of the molecule is CC(CNC(=O)Cc1cccc([N+](=O)[O-])c1)CC(=O)O. The van der Waals surface area contributed by atoms with Crippen molar-refractivity contribution in [3.63, 3.8) is 0 Å². The van der Waals surface area contributed by atoms with E-state index >= 15 is 0 Å². The predicted octanol–water partition coefficient (Wildman–Crippen LogP) is 1.36. The Morgan fingerprint density at radius 3 is 2.75 bits per heavy atom. The summed E-state index contributed by atoms with van der Waals surface area (Å²) in [6.45, 7) is 1.99. The Morgan fingerprint density at radius 2 is 2.15 bits per heavy atom. The van der Waals surface area contributed by atoms with E-state index in [9.17, 15) is 19.7 Å². The molecule has 0 saturated heterocycles. The number of nitrogens with zero attached hydrogens (tertiary/aromatic N) is 1. The van der Waals surface area contributed by atoms with Crippen molar-refractivity contribution in [2.75, 3.05) is 6.54 Å². The van der Waals surface area contributed by atoms with Crippen LogP contribution in [0, 0.1) is 16.0 Å². The average Bonchev–Trinajstić information content (AvgIpc) is 2.36. The second kappa shape index (κ2) is 7.22. The van der Waals surface area contributed by atoms with Crippen LogP contribution in [-0.2, 0) is 16.0 Å². The summed E-state index contributed by atoms with van der Waals surface area (Å²) >= 11 is 0. The minimum Gasteiger partial charge on any atom is -0.481 e. The second-order valence-electron chi connectivity index (χ2n) is 4.61. The van der Waals surface area contributed by atoms with Crippen molar-refractivity contribution in [2.24, 2.45) is 5.92 Å². The molecular weight excluding hydrogens is 264 g/mol. The van der Waals surface area contributed by atoms with E-state index in [-0.39, 0.29) is 36.9 Å². The van der Waals surface area contributed by atoms with Gasteiger partial charge in [-0.15, -0.1) is 0 Å². The summed E-state index contributed by atoms with van der Waals surface area (Å²) in [5.74, 6) is -1.37. The number of carboxylic acids is 1. The fourth-order valence-corrected chi connectivity index (χ4v) is 1.69. The first kappa shape index (κ1) is 15.6. The zero-order chi connectivity index (χ0) is 15.1. The van der Waals surface area contributed by atoms with E-state index in [1.165, 1.54) is 18.2 Å². The van der Waals surface area contributed by atoms with Crippen LogP contribution in [0.2, 0.25) is 0 Å². The van der Waals surface area contributed by atoms with Crippen molar-refractivity contribution >= 4 is 17.6 Å². The average molecular weight is 280 g/mol.